The van der Waals surface area contributed by atoms with Crippen LogP contribution in [0.25, 0.3) is 0 Å². The minimum absolute atomic E-state index is 0.181. The van der Waals surface area contributed by atoms with Gasteiger partial charge >= 0.3 is 0 Å². The minimum atomic E-state index is -0.393. The van der Waals surface area contributed by atoms with Crippen LogP contribution in [0.15, 0.2) is 65.1 Å². The van der Waals surface area contributed by atoms with E-state index in [0.29, 0.717) is 17.1 Å². The molecule has 7 heteroatoms. The lowest BCUT2D eigenvalue weighted by atomic mass is 10.2. The van der Waals surface area contributed by atoms with Gasteiger partial charge in [0, 0.05) is 10.2 Å². The Morgan fingerprint density at radius 2 is 1.88 bits per heavy atom. The number of para-hydroxylation sites is 1. The van der Waals surface area contributed by atoms with Crippen molar-refractivity contribution < 1.29 is 4.79 Å². The fourth-order valence-electron chi connectivity index (χ4n) is 2.08. The molecule has 0 aliphatic carbocycles. The predicted octanol–water partition coefficient (Wildman–Crippen LogP) is 4.11. The second-order valence-corrected chi connectivity index (χ2v) is 5.91. The van der Waals surface area contributed by atoms with E-state index in [9.17, 15) is 4.79 Å². The Labute approximate surface area is 152 Å². The molecular formula is C18H12BrN5O. The van der Waals surface area contributed by atoms with Gasteiger partial charge < -0.3 is 10.6 Å². The maximum atomic E-state index is 12.2. The lowest BCUT2D eigenvalue weighted by Gasteiger charge is -2.08. The maximum Gasteiger partial charge on any atom is 0.276 e. The fourth-order valence-corrected chi connectivity index (χ4v) is 2.47. The Bertz CT molecular complexity index is 950. The number of anilines is 3. The van der Waals surface area contributed by atoms with Crippen molar-refractivity contribution in [2.45, 2.75) is 0 Å². The van der Waals surface area contributed by atoms with Crippen molar-refractivity contribution in [3.05, 3.63) is 76.4 Å². The van der Waals surface area contributed by atoms with Crippen molar-refractivity contribution >= 4 is 39.0 Å². The van der Waals surface area contributed by atoms with E-state index in [-0.39, 0.29) is 5.69 Å². The molecule has 6 nitrogen and oxygen atoms in total. The normalized spacial score (nSPS) is 9.92. The minimum Gasteiger partial charge on any atom is -0.338 e. The van der Waals surface area contributed by atoms with Crippen LogP contribution in [0.4, 0.5) is 17.2 Å². The summed E-state index contributed by atoms with van der Waals surface area (Å²) in [6, 6.07) is 19.6. The summed E-state index contributed by atoms with van der Waals surface area (Å²) < 4.78 is 0.899. The molecule has 0 bridgehead atoms. The van der Waals surface area contributed by atoms with Crippen molar-refractivity contribution in [1.29, 1.82) is 5.26 Å². The number of benzene rings is 2. The van der Waals surface area contributed by atoms with Gasteiger partial charge in [0.05, 0.1) is 17.3 Å². The first-order valence-electron chi connectivity index (χ1n) is 7.32. The van der Waals surface area contributed by atoms with E-state index >= 15 is 0 Å². The summed E-state index contributed by atoms with van der Waals surface area (Å²) in [6.45, 7) is 0. The summed E-state index contributed by atoms with van der Waals surface area (Å²) in [5, 5.41) is 22.6. The molecule has 1 amide bonds. The SMILES string of the molecule is N#Cc1cccc(NC(=O)c2ccc(Nc3ccccc3Br)nn2)c1. The largest absolute Gasteiger partial charge is 0.338 e. The van der Waals surface area contributed by atoms with Crippen LogP contribution >= 0.6 is 15.9 Å². The molecule has 25 heavy (non-hydrogen) atoms. The van der Waals surface area contributed by atoms with E-state index in [1.807, 2.05) is 30.3 Å². The molecule has 122 valence electrons. The Kier molecular flexibility index (Phi) is 5.02. The highest BCUT2D eigenvalue weighted by atomic mass is 79.9. The Hall–Kier alpha value is -3.24. The summed E-state index contributed by atoms with van der Waals surface area (Å²) in [5.41, 5.74) is 2.03. The molecule has 0 radical (unpaired) electrons. The third-order valence-corrected chi connectivity index (χ3v) is 3.97. The molecule has 1 aromatic heterocycles. The van der Waals surface area contributed by atoms with Crippen molar-refractivity contribution in [2.24, 2.45) is 0 Å². The van der Waals surface area contributed by atoms with Gasteiger partial charge in [0.1, 0.15) is 0 Å². The number of nitrogens with zero attached hydrogens (tertiary/aromatic N) is 3. The smallest absolute Gasteiger partial charge is 0.276 e. The van der Waals surface area contributed by atoms with Gasteiger partial charge in [-0.05, 0) is 58.4 Å². The van der Waals surface area contributed by atoms with Gasteiger partial charge in [-0.15, -0.1) is 10.2 Å². The monoisotopic (exact) mass is 393 g/mol. The summed E-state index contributed by atoms with van der Waals surface area (Å²) in [7, 11) is 0. The highest BCUT2D eigenvalue weighted by molar-refractivity contribution is 9.10. The average Bonchev–Trinajstić information content (AvgIpc) is 2.64. The Balaban J connectivity index is 1.70. The number of nitriles is 1. The van der Waals surface area contributed by atoms with Gasteiger partial charge in [0.15, 0.2) is 11.5 Å². The number of nitrogens with one attached hydrogen (secondary N) is 2. The zero-order valence-electron chi connectivity index (χ0n) is 12.9. The van der Waals surface area contributed by atoms with Crippen LogP contribution in [0.3, 0.4) is 0 Å². The van der Waals surface area contributed by atoms with Crippen LogP contribution in [0.5, 0.6) is 0 Å². The lowest BCUT2D eigenvalue weighted by molar-refractivity contribution is 0.102. The molecule has 0 spiro atoms. The molecule has 0 fully saturated rings. The van der Waals surface area contributed by atoms with Crippen LogP contribution in [-0.2, 0) is 0 Å². The molecule has 0 saturated heterocycles. The average molecular weight is 394 g/mol. The van der Waals surface area contributed by atoms with E-state index in [0.717, 1.165) is 10.2 Å². The number of amides is 1. The number of carbonyl (C=O) groups is 1. The van der Waals surface area contributed by atoms with Crippen molar-refractivity contribution in [1.82, 2.24) is 10.2 Å². The molecule has 2 aromatic carbocycles. The highest BCUT2D eigenvalue weighted by Crippen LogP contribution is 2.24. The number of hydrogen-bond donors (Lipinski definition) is 2. The highest BCUT2D eigenvalue weighted by Gasteiger charge is 2.09. The molecule has 0 unspecified atom stereocenters. The van der Waals surface area contributed by atoms with Crippen LogP contribution in [0.2, 0.25) is 0 Å². The second kappa shape index (κ2) is 7.55. The topological polar surface area (TPSA) is 90.7 Å². The summed E-state index contributed by atoms with van der Waals surface area (Å²) >= 11 is 3.44. The zero-order valence-corrected chi connectivity index (χ0v) is 14.5. The van der Waals surface area contributed by atoms with E-state index in [4.69, 9.17) is 5.26 Å². The van der Waals surface area contributed by atoms with E-state index < -0.39 is 5.91 Å². The Morgan fingerprint density at radius 1 is 1.04 bits per heavy atom. The number of halogens is 1. The first kappa shape index (κ1) is 16.6. The lowest BCUT2D eigenvalue weighted by Crippen LogP contribution is -2.14. The predicted molar refractivity (Wildman–Crippen MR) is 98.6 cm³/mol. The summed E-state index contributed by atoms with van der Waals surface area (Å²) in [5.74, 6) is 0.130. The third kappa shape index (κ3) is 4.19. The second-order valence-electron chi connectivity index (χ2n) is 5.06. The first-order chi connectivity index (χ1) is 12.2. The molecule has 0 aliphatic heterocycles. The van der Waals surface area contributed by atoms with Crippen LogP contribution in [0, 0.1) is 11.3 Å². The third-order valence-electron chi connectivity index (χ3n) is 3.28. The zero-order chi connectivity index (χ0) is 17.6. The maximum absolute atomic E-state index is 12.2. The molecular weight excluding hydrogens is 382 g/mol. The van der Waals surface area contributed by atoms with E-state index in [1.54, 1.807) is 36.4 Å². The van der Waals surface area contributed by atoms with E-state index in [1.165, 1.54) is 0 Å². The molecule has 0 atom stereocenters. The van der Waals surface area contributed by atoms with Crippen molar-refractivity contribution in [3.8, 4) is 6.07 Å². The van der Waals surface area contributed by atoms with Gasteiger partial charge in [-0.2, -0.15) is 5.26 Å². The van der Waals surface area contributed by atoms with Gasteiger partial charge in [-0.1, -0.05) is 18.2 Å². The van der Waals surface area contributed by atoms with Crippen LogP contribution in [-0.4, -0.2) is 16.1 Å². The number of hydrogen-bond acceptors (Lipinski definition) is 5. The van der Waals surface area contributed by atoms with Gasteiger partial charge in [0.25, 0.3) is 5.91 Å². The number of carbonyl (C=O) groups excluding carboxylic acids is 1. The van der Waals surface area contributed by atoms with Crippen molar-refractivity contribution in [2.75, 3.05) is 10.6 Å². The summed E-state index contributed by atoms with van der Waals surface area (Å²) in [4.78, 5) is 12.2. The molecule has 1 heterocycles. The number of aromatic nitrogens is 2. The quantitative estimate of drug-likeness (QED) is 0.695. The fraction of sp³-hybridized carbons (Fsp3) is 0. The molecule has 0 saturated carbocycles. The molecule has 3 rings (SSSR count). The van der Waals surface area contributed by atoms with E-state index in [2.05, 4.69) is 36.8 Å². The van der Waals surface area contributed by atoms with Crippen LogP contribution < -0.4 is 10.6 Å². The first-order valence-corrected chi connectivity index (χ1v) is 8.12. The standard InChI is InChI=1S/C18H12BrN5O/c19-14-6-1-2-7-15(14)22-17-9-8-16(23-24-17)18(25)21-13-5-3-4-12(10-13)11-20/h1-10H,(H,21,25)(H,22,24). The van der Waals surface area contributed by atoms with Crippen molar-refractivity contribution in [3.63, 3.8) is 0 Å². The Morgan fingerprint density at radius 3 is 2.60 bits per heavy atom. The van der Waals surface area contributed by atoms with Gasteiger partial charge in [-0.3, -0.25) is 4.79 Å². The van der Waals surface area contributed by atoms with Gasteiger partial charge in [0.2, 0.25) is 0 Å². The van der Waals surface area contributed by atoms with Crippen LogP contribution in [0.1, 0.15) is 16.1 Å². The molecule has 2 N–H and O–H groups in total. The summed E-state index contributed by atoms with van der Waals surface area (Å²) in [6.07, 6.45) is 0. The molecule has 3 aromatic rings. The number of rotatable bonds is 4. The van der Waals surface area contributed by atoms with Gasteiger partial charge in [-0.25, -0.2) is 0 Å². The molecule has 0 aliphatic rings.